The van der Waals surface area contributed by atoms with Crippen LogP contribution in [-0.2, 0) is 32.6 Å². The average molecular weight is 653 g/mol. The summed E-state index contributed by atoms with van der Waals surface area (Å²) in [5.74, 6) is -0.514. The molecule has 230 valence electrons. The lowest BCUT2D eigenvalue weighted by Crippen LogP contribution is -2.50. The van der Waals surface area contributed by atoms with Crippen molar-refractivity contribution in [2.24, 2.45) is 0 Å². The maximum absolute atomic E-state index is 14.0. The van der Waals surface area contributed by atoms with Gasteiger partial charge in [-0.2, -0.15) is 0 Å². The zero-order valence-electron chi connectivity index (χ0n) is 24.5. The van der Waals surface area contributed by atoms with Gasteiger partial charge in [0.2, 0.25) is 11.8 Å². The molecule has 4 aromatic carbocycles. The molecule has 1 N–H and O–H groups in total. The topological polar surface area (TPSA) is 86.8 Å². The van der Waals surface area contributed by atoms with Crippen molar-refractivity contribution in [3.8, 4) is 0 Å². The smallest absolute Gasteiger partial charge is 0.265 e. The first-order chi connectivity index (χ1) is 21.2. The molecule has 2 amide bonds. The van der Waals surface area contributed by atoms with Crippen LogP contribution in [0.3, 0.4) is 0 Å². The third-order valence-electron chi connectivity index (χ3n) is 7.89. The van der Waals surface area contributed by atoms with Crippen LogP contribution in [0.4, 0.5) is 5.69 Å². The molecule has 1 atom stereocenters. The molecule has 4 aromatic rings. The van der Waals surface area contributed by atoms with E-state index in [1.807, 2.05) is 55.5 Å². The number of halogens is 2. The SMILES string of the molecule is CCCCNC(=O)[C@@H](Cc1ccccc1)N(Cc1ccc(Cl)cc1Cl)C(=O)CCCN1c2cccc3cccc(c23)S1(=O)=O. The minimum Gasteiger partial charge on any atom is -0.354 e. The second kappa shape index (κ2) is 14.0. The first kappa shape index (κ1) is 31.8. The second-order valence-corrected chi connectivity index (χ2v) is 13.6. The Morgan fingerprint density at radius 3 is 2.41 bits per heavy atom. The Kier molecular flexibility index (Phi) is 10.1. The van der Waals surface area contributed by atoms with Gasteiger partial charge in [-0.25, -0.2) is 8.42 Å². The molecular weight excluding hydrogens is 617 g/mol. The van der Waals surface area contributed by atoms with Crippen molar-refractivity contribution in [3.05, 3.63) is 106 Å². The highest BCUT2D eigenvalue weighted by Gasteiger charge is 2.36. The average Bonchev–Trinajstić information content (AvgIpc) is 3.23. The highest BCUT2D eigenvalue weighted by molar-refractivity contribution is 7.93. The molecule has 0 unspecified atom stereocenters. The van der Waals surface area contributed by atoms with Gasteiger partial charge in [0.15, 0.2) is 0 Å². The van der Waals surface area contributed by atoms with Crippen LogP contribution >= 0.6 is 23.2 Å². The molecule has 1 heterocycles. The van der Waals surface area contributed by atoms with E-state index in [9.17, 15) is 18.0 Å². The summed E-state index contributed by atoms with van der Waals surface area (Å²) < 4.78 is 28.3. The zero-order valence-corrected chi connectivity index (χ0v) is 26.8. The van der Waals surface area contributed by atoms with Crippen molar-refractivity contribution >= 4 is 61.5 Å². The summed E-state index contributed by atoms with van der Waals surface area (Å²) in [6.45, 7) is 2.78. The van der Waals surface area contributed by atoms with Crippen molar-refractivity contribution in [2.75, 3.05) is 17.4 Å². The molecule has 0 radical (unpaired) electrons. The van der Waals surface area contributed by atoms with Crippen LogP contribution < -0.4 is 9.62 Å². The lowest BCUT2D eigenvalue weighted by atomic mass is 10.0. The van der Waals surface area contributed by atoms with Crippen molar-refractivity contribution < 1.29 is 18.0 Å². The fourth-order valence-corrected chi connectivity index (χ4v) is 7.83. The predicted octanol–water partition coefficient (Wildman–Crippen LogP) is 6.99. The van der Waals surface area contributed by atoms with E-state index in [4.69, 9.17) is 23.2 Å². The summed E-state index contributed by atoms with van der Waals surface area (Å²) in [6, 6.07) is 24.6. The van der Waals surface area contributed by atoms with Crippen LogP contribution in [0.15, 0.2) is 89.8 Å². The number of carbonyl (C=O) groups excluding carboxylic acids is 2. The number of sulfonamides is 1. The molecule has 0 bridgehead atoms. The molecule has 0 fully saturated rings. The van der Waals surface area contributed by atoms with Crippen LogP contribution in [0, 0.1) is 0 Å². The predicted molar refractivity (Wildman–Crippen MR) is 177 cm³/mol. The van der Waals surface area contributed by atoms with Gasteiger partial charge in [-0.1, -0.05) is 97.2 Å². The van der Waals surface area contributed by atoms with E-state index < -0.39 is 16.1 Å². The van der Waals surface area contributed by atoms with Crippen LogP contribution in [0.5, 0.6) is 0 Å². The molecule has 1 aliphatic rings. The van der Waals surface area contributed by atoms with Gasteiger partial charge in [-0.05, 0) is 53.6 Å². The lowest BCUT2D eigenvalue weighted by Gasteiger charge is -2.32. The van der Waals surface area contributed by atoms with Crippen molar-refractivity contribution in [3.63, 3.8) is 0 Å². The molecular formula is C34H35Cl2N3O4S. The number of hydrogen-bond acceptors (Lipinski definition) is 4. The van der Waals surface area contributed by atoms with Gasteiger partial charge in [0.1, 0.15) is 6.04 Å². The van der Waals surface area contributed by atoms with Gasteiger partial charge in [-0.15, -0.1) is 0 Å². The lowest BCUT2D eigenvalue weighted by molar-refractivity contribution is -0.141. The van der Waals surface area contributed by atoms with Crippen LogP contribution in [0.2, 0.25) is 10.0 Å². The number of unbranched alkanes of at least 4 members (excludes halogenated alkanes) is 1. The summed E-state index contributed by atoms with van der Waals surface area (Å²) in [4.78, 5) is 29.5. The minimum atomic E-state index is -3.74. The number of benzene rings is 4. The molecule has 0 saturated carbocycles. The number of anilines is 1. The zero-order chi connectivity index (χ0) is 31.3. The van der Waals surface area contributed by atoms with Gasteiger partial charge in [0, 0.05) is 47.9 Å². The van der Waals surface area contributed by atoms with Gasteiger partial charge >= 0.3 is 0 Å². The summed E-state index contributed by atoms with van der Waals surface area (Å²) in [6.07, 6.45) is 2.36. The summed E-state index contributed by atoms with van der Waals surface area (Å²) >= 11 is 12.7. The van der Waals surface area contributed by atoms with Crippen molar-refractivity contribution in [1.29, 1.82) is 0 Å². The van der Waals surface area contributed by atoms with Gasteiger partial charge < -0.3 is 10.2 Å². The number of carbonyl (C=O) groups is 2. The number of hydrogen-bond donors (Lipinski definition) is 1. The van der Waals surface area contributed by atoms with E-state index in [0.717, 1.165) is 23.8 Å². The Labute approximate surface area is 268 Å². The summed E-state index contributed by atoms with van der Waals surface area (Å²) in [5.41, 5.74) is 2.19. The standard InChI is InChI=1S/C34H35Cl2N3O4S/c1-2-3-19-37-34(41)30(21-24-10-5-4-6-11-24)38(23-26-17-18-27(35)22-28(26)36)32(40)16-9-20-39-29-14-7-12-25-13-8-15-31(33(25)29)44(39,42)43/h4-8,10-15,17-18,22,30H,2-3,9,16,19-21,23H2,1H3,(H,37,41)/t30-/m1/s1. The van der Waals surface area contributed by atoms with Gasteiger partial charge in [0.25, 0.3) is 10.0 Å². The van der Waals surface area contributed by atoms with Crippen LogP contribution in [0.25, 0.3) is 10.8 Å². The maximum Gasteiger partial charge on any atom is 0.265 e. The molecule has 1 aliphatic heterocycles. The van der Waals surface area contributed by atoms with Crippen molar-refractivity contribution in [2.45, 2.75) is 56.5 Å². The summed E-state index contributed by atoms with van der Waals surface area (Å²) in [7, 11) is -3.74. The third-order valence-corrected chi connectivity index (χ3v) is 10.3. The monoisotopic (exact) mass is 651 g/mol. The minimum absolute atomic E-state index is 0.0388. The molecule has 5 rings (SSSR count). The third kappa shape index (κ3) is 6.88. The molecule has 10 heteroatoms. The summed E-state index contributed by atoms with van der Waals surface area (Å²) in [5, 5.41) is 5.43. The van der Waals surface area contributed by atoms with E-state index >= 15 is 0 Å². The highest BCUT2D eigenvalue weighted by Crippen LogP contribution is 2.42. The number of rotatable bonds is 13. The Bertz CT molecular complexity index is 1760. The molecule has 44 heavy (non-hydrogen) atoms. The fraction of sp³-hybridized carbons (Fsp3) is 0.294. The number of nitrogens with zero attached hydrogens (tertiary/aromatic N) is 2. The molecule has 0 aliphatic carbocycles. The van der Waals surface area contributed by atoms with Crippen molar-refractivity contribution in [1.82, 2.24) is 10.2 Å². The van der Waals surface area contributed by atoms with E-state index in [1.165, 1.54) is 4.31 Å². The fourth-order valence-electron chi connectivity index (χ4n) is 5.61. The second-order valence-electron chi connectivity index (χ2n) is 10.9. The molecule has 0 saturated heterocycles. The first-order valence-electron chi connectivity index (χ1n) is 14.8. The first-order valence-corrected chi connectivity index (χ1v) is 17.0. The van der Waals surface area contributed by atoms with Crippen LogP contribution in [-0.4, -0.2) is 44.3 Å². The van der Waals surface area contributed by atoms with Gasteiger partial charge in [-0.3, -0.25) is 13.9 Å². The Hall–Kier alpha value is -3.59. The molecule has 0 aromatic heterocycles. The Balaban J connectivity index is 1.40. The normalized spacial score (nSPS) is 14.0. The van der Waals surface area contributed by atoms with E-state index in [-0.39, 0.29) is 42.6 Å². The Morgan fingerprint density at radius 1 is 0.932 bits per heavy atom. The number of amides is 2. The number of nitrogens with one attached hydrogen (secondary N) is 1. The highest BCUT2D eigenvalue weighted by atomic mass is 35.5. The molecule has 0 spiro atoms. The van der Waals surface area contributed by atoms with Gasteiger partial charge in [0.05, 0.1) is 10.6 Å². The maximum atomic E-state index is 14.0. The Morgan fingerprint density at radius 2 is 1.68 bits per heavy atom. The largest absolute Gasteiger partial charge is 0.354 e. The van der Waals surface area contributed by atoms with E-state index in [1.54, 1.807) is 41.3 Å². The quantitative estimate of drug-likeness (QED) is 0.158. The molecule has 7 nitrogen and oxygen atoms in total. The van der Waals surface area contributed by atoms with Crippen LogP contribution in [0.1, 0.15) is 43.7 Å². The van der Waals surface area contributed by atoms with E-state index in [0.29, 0.717) is 39.6 Å². The van der Waals surface area contributed by atoms with E-state index in [2.05, 4.69) is 5.32 Å².